The van der Waals surface area contributed by atoms with Crippen LogP contribution in [0.1, 0.15) is 53.1 Å². The first kappa shape index (κ1) is 40.7. The molecule has 3 aliphatic heterocycles. The number of unbranched alkanes of at least 4 members (excludes halogenated alkanes) is 1. The van der Waals surface area contributed by atoms with Gasteiger partial charge in [0.1, 0.15) is 11.2 Å². The zero-order valence-electron chi connectivity index (χ0n) is 39.4. The van der Waals surface area contributed by atoms with Crippen molar-refractivity contribution >= 4 is 68.1 Å². The van der Waals surface area contributed by atoms with E-state index in [1.807, 2.05) is 0 Å². The highest BCUT2D eigenvalue weighted by molar-refractivity contribution is 6.95. The van der Waals surface area contributed by atoms with Gasteiger partial charge in [-0.25, -0.2) is 0 Å². The van der Waals surface area contributed by atoms with E-state index in [0.717, 1.165) is 52.6 Å². The molecule has 14 rings (SSSR count). The maximum atomic E-state index is 7.28. The van der Waals surface area contributed by atoms with E-state index in [1.54, 1.807) is 0 Å². The number of fused-ring (bicyclic) bond motifs is 10. The average Bonchev–Trinajstić information content (AvgIpc) is 3.81. The molecule has 4 heteroatoms. The molecular formula is C66H49BN2O. The largest absolute Gasteiger partial charge is 0.456 e. The molecule has 0 radical (unpaired) electrons. The molecule has 10 aromatic carbocycles. The van der Waals surface area contributed by atoms with Gasteiger partial charge in [-0.3, -0.25) is 0 Å². The van der Waals surface area contributed by atoms with Crippen molar-refractivity contribution in [2.24, 2.45) is 0 Å². The molecule has 4 heterocycles. The summed E-state index contributed by atoms with van der Waals surface area (Å²) in [6, 6.07) is 84.0. The van der Waals surface area contributed by atoms with Gasteiger partial charge in [-0.1, -0.05) is 189 Å². The van der Waals surface area contributed by atoms with Gasteiger partial charge in [-0.05, 0) is 129 Å². The van der Waals surface area contributed by atoms with Crippen molar-refractivity contribution in [3.05, 3.63) is 258 Å². The van der Waals surface area contributed by atoms with E-state index >= 15 is 0 Å². The summed E-state index contributed by atoms with van der Waals surface area (Å²) in [6.45, 7) is 4.27. The summed E-state index contributed by atoms with van der Waals surface area (Å²) in [5, 5.41) is 2.25. The molecule has 0 amide bonds. The van der Waals surface area contributed by atoms with Gasteiger partial charge in [0, 0.05) is 50.1 Å². The summed E-state index contributed by atoms with van der Waals surface area (Å²) in [4.78, 5) is 5.30. The smallest absolute Gasteiger partial charge is 0.336 e. The van der Waals surface area contributed by atoms with Crippen LogP contribution in [0.3, 0.4) is 0 Å². The van der Waals surface area contributed by atoms with Gasteiger partial charge in [0.2, 0.25) is 0 Å². The first-order valence-electron chi connectivity index (χ1n) is 24.9. The van der Waals surface area contributed by atoms with Crippen LogP contribution in [-0.2, 0) is 11.8 Å². The molecule has 0 fully saturated rings. The molecule has 0 saturated heterocycles. The van der Waals surface area contributed by atoms with Crippen molar-refractivity contribution in [2.75, 3.05) is 9.71 Å². The molecule has 1 aromatic heterocycles. The van der Waals surface area contributed by atoms with Crippen molar-refractivity contribution in [2.45, 2.75) is 38.5 Å². The quantitative estimate of drug-likeness (QED) is 0.142. The zero-order valence-corrected chi connectivity index (χ0v) is 39.4. The Morgan fingerprint density at radius 1 is 0.471 bits per heavy atom. The number of rotatable bonds is 8. The van der Waals surface area contributed by atoms with Gasteiger partial charge in [0.15, 0.2) is 0 Å². The van der Waals surface area contributed by atoms with Crippen LogP contribution in [0.2, 0.25) is 0 Å². The summed E-state index contributed by atoms with van der Waals surface area (Å²) in [6.07, 6.45) is 3.33. The maximum absolute atomic E-state index is 7.28. The molecular weight excluding hydrogens is 848 g/mol. The van der Waals surface area contributed by atoms with Gasteiger partial charge >= 0.3 is 6.85 Å². The number of aryl methyl sites for hydroxylation is 2. The number of benzene rings is 10. The third kappa shape index (κ3) is 5.77. The van der Waals surface area contributed by atoms with Crippen LogP contribution in [0.5, 0.6) is 0 Å². The van der Waals surface area contributed by atoms with Gasteiger partial charge in [-0.2, -0.15) is 0 Å². The van der Waals surface area contributed by atoms with Gasteiger partial charge in [0.25, 0.3) is 0 Å². The van der Waals surface area contributed by atoms with Crippen LogP contribution in [0.15, 0.2) is 229 Å². The van der Waals surface area contributed by atoms with E-state index in [-0.39, 0.29) is 6.85 Å². The number of nitrogens with zero attached hydrogens (tertiary/aromatic N) is 2. The standard InChI is InChI=1S/C66H49BN2O/c1-3-4-22-44-36-38-57(53(40-44)45-23-8-5-9-24-45)68-59-39-37-52-50-30-16-19-35-61(50)70-65(52)63(59)67-62-54(41-46(42-60(62)68)49-29-15-14-21-43(49)2)51-31-20-33-56-64(51)69(67)58-34-18-17-32-55(58)66(56,47-25-10-6-11-26-47)48-27-12-7-13-28-48/h5-21,23-42H,3-4,22H2,1-2H3. The molecule has 3 nitrogen and oxygen atoms in total. The number of anilines is 5. The minimum Gasteiger partial charge on any atom is -0.456 e. The van der Waals surface area contributed by atoms with Crippen LogP contribution in [0, 0.1) is 6.92 Å². The second kappa shape index (κ2) is 15.9. The van der Waals surface area contributed by atoms with Crippen molar-refractivity contribution in [1.82, 2.24) is 0 Å². The predicted molar refractivity (Wildman–Crippen MR) is 294 cm³/mol. The lowest BCUT2D eigenvalue weighted by Crippen LogP contribution is -2.63. The summed E-state index contributed by atoms with van der Waals surface area (Å²) in [5.74, 6) is 0. The second-order valence-electron chi connectivity index (χ2n) is 19.4. The lowest BCUT2D eigenvalue weighted by atomic mass is 9.41. The summed E-state index contributed by atoms with van der Waals surface area (Å²) < 4.78 is 7.28. The van der Waals surface area contributed by atoms with Gasteiger partial charge in [0.05, 0.1) is 11.1 Å². The van der Waals surface area contributed by atoms with Crippen molar-refractivity contribution in [3.63, 3.8) is 0 Å². The number of para-hydroxylation sites is 3. The lowest BCUT2D eigenvalue weighted by molar-refractivity contribution is 0.671. The fraction of sp³-hybridized carbons (Fsp3) is 0.0909. The summed E-state index contributed by atoms with van der Waals surface area (Å²) in [7, 11) is 0. The number of furan rings is 1. The molecule has 332 valence electrons. The Bertz CT molecular complexity index is 3820. The monoisotopic (exact) mass is 896 g/mol. The van der Waals surface area contributed by atoms with E-state index < -0.39 is 5.41 Å². The third-order valence-electron chi connectivity index (χ3n) is 15.6. The summed E-state index contributed by atoms with van der Waals surface area (Å²) in [5.41, 5.74) is 24.5. The molecule has 0 bridgehead atoms. The fourth-order valence-corrected chi connectivity index (χ4v) is 12.6. The van der Waals surface area contributed by atoms with Crippen LogP contribution >= 0.6 is 0 Å². The van der Waals surface area contributed by atoms with E-state index in [9.17, 15) is 0 Å². The van der Waals surface area contributed by atoms with E-state index in [0.29, 0.717) is 0 Å². The van der Waals surface area contributed by atoms with Gasteiger partial charge in [-0.15, -0.1) is 0 Å². The number of hydrogen-bond acceptors (Lipinski definition) is 3. The number of hydrogen-bond donors (Lipinski definition) is 0. The Morgan fingerprint density at radius 3 is 1.93 bits per heavy atom. The maximum Gasteiger partial charge on any atom is 0.336 e. The van der Waals surface area contributed by atoms with Gasteiger partial charge < -0.3 is 14.1 Å². The van der Waals surface area contributed by atoms with Crippen LogP contribution in [0.4, 0.5) is 28.4 Å². The Morgan fingerprint density at radius 2 is 1.14 bits per heavy atom. The molecule has 3 aliphatic rings. The second-order valence-corrected chi connectivity index (χ2v) is 19.4. The van der Waals surface area contributed by atoms with Crippen molar-refractivity contribution in [3.8, 4) is 33.4 Å². The Kier molecular flexibility index (Phi) is 9.23. The highest BCUT2D eigenvalue weighted by Gasteiger charge is 2.54. The first-order chi connectivity index (χ1) is 34.6. The highest BCUT2D eigenvalue weighted by atomic mass is 16.3. The topological polar surface area (TPSA) is 19.6 Å². The van der Waals surface area contributed by atoms with Crippen LogP contribution in [0.25, 0.3) is 55.3 Å². The average molecular weight is 897 g/mol. The molecule has 0 unspecified atom stereocenters. The Balaban J connectivity index is 1.17. The van der Waals surface area contributed by atoms with E-state index in [1.165, 1.54) is 94.7 Å². The molecule has 70 heavy (non-hydrogen) atoms. The summed E-state index contributed by atoms with van der Waals surface area (Å²) >= 11 is 0. The SMILES string of the molecule is CCCCc1ccc(N2c3cc(-c4ccccc4C)cc4c3B(c3c2ccc2c3oc3ccccc32)N2c3ccccc3C(c3ccccc3)(c3ccccc3)c3cccc-4c32)c(-c2ccccc2)c1. The van der Waals surface area contributed by atoms with E-state index in [4.69, 9.17) is 4.42 Å². The zero-order chi connectivity index (χ0) is 46.5. The molecule has 0 atom stereocenters. The minimum absolute atomic E-state index is 0.255. The normalized spacial score (nSPS) is 13.8. The molecule has 11 aromatic rings. The fourth-order valence-electron chi connectivity index (χ4n) is 12.6. The van der Waals surface area contributed by atoms with Crippen molar-refractivity contribution < 1.29 is 4.42 Å². The molecule has 0 N–H and O–H groups in total. The Labute approximate surface area is 410 Å². The van der Waals surface area contributed by atoms with Crippen LogP contribution < -0.4 is 20.6 Å². The first-order valence-corrected chi connectivity index (χ1v) is 24.9. The lowest BCUT2D eigenvalue weighted by Gasteiger charge is -2.53. The molecule has 0 saturated carbocycles. The molecule has 0 spiro atoms. The van der Waals surface area contributed by atoms with Crippen molar-refractivity contribution in [1.29, 1.82) is 0 Å². The van der Waals surface area contributed by atoms with Crippen LogP contribution in [-0.4, -0.2) is 6.85 Å². The minimum atomic E-state index is -0.617. The van der Waals surface area contributed by atoms with E-state index in [2.05, 4.69) is 248 Å². The third-order valence-corrected chi connectivity index (χ3v) is 15.6. The predicted octanol–water partition coefficient (Wildman–Crippen LogP) is 16.0. The highest BCUT2D eigenvalue weighted by Crippen LogP contribution is 2.61. The molecule has 0 aliphatic carbocycles. The Hall–Kier alpha value is -8.34.